The molecule has 0 bridgehead atoms. The molecule has 1 heterocycles. The van der Waals surface area contributed by atoms with Crippen LogP contribution in [0.3, 0.4) is 0 Å². The number of halogens is 4. The predicted octanol–water partition coefficient (Wildman–Crippen LogP) is 5.39. The number of methoxy groups -OCH3 is 2. The van der Waals surface area contributed by atoms with Crippen LogP contribution in [-0.4, -0.2) is 38.0 Å². The minimum atomic E-state index is -1.16. The average Bonchev–Trinajstić information content (AvgIpc) is 2.82. The van der Waals surface area contributed by atoms with Gasteiger partial charge in [-0.3, -0.25) is 4.79 Å². The minimum absolute atomic E-state index is 0.0116. The number of carbonyl (C=O) groups excluding carboxylic acids is 1. The maximum Gasteiger partial charge on any atom is 0.344 e. The highest BCUT2D eigenvalue weighted by Crippen LogP contribution is 2.36. The highest BCUT2D eigenvalue weighted by atomic mass is 35.5. The van der Waals surface area contributed by atoms with E-state index in [9.17, 15) is 18.4 Å². The van der Waals surface area contributed by atoms with Gasteiger partial charge in [-0.1, -0.05) is 11.6 Å². The smallest absolute Gasteiger partial charge is 0.344 e. The molecule has 0 unspecified atom stereocenters. The zero-order valence-electron chi connectivity index (χ0n) is 19.5. The van der Waals surface area contributed by atoms with Crippen molar-refractivity contribution in [1.29, 1.82) is 0 Å². The molecule has 0 saturated carbocycles. The Hall–Kier alpha value is -3.30. The summed E-state index contributed by atoms with van der Waals surface area (Å²) < 4.78 is 59.6. The third-order valence-electron chi connectivity index (χ3n) is 5.46. The molecule has 0 atom stereocenters. The molecule has 1 aromatic heterocycles. The fourth-order valence-electron chi connectivity index (χ4n) is 3.85. The Kier molecular flexibility index (Phi) is 8.24. The number of rotatable bonds is 8. The largest absolute Gasteiger partial charge is 0.490 e. The van der Waals surface area contributed by atoms with Crippen molar-refractivity contribution in [3.8, 4) is 28.1 Å². The Morgan fingerprint density at radius 2 is 1.74 bits per heavy atom. The van der Waals surface area contributed by atoms with Crippen molar-refractivity contribution in [3.63, 3.8) is 0 Å². The van der Waals surface area contributed by atoms with Gasteiger partial charge >= 0.3 is 5.97 Å². The second kappa shape index (κ2) is 11.0. The molecule has 0 spiro atoms. The summed E-state index contributed by atoms with van der Waals surface area (Å²) in [6.07, 6.45) is 0. The lowest BCUT2D eigenvalue weighted by atomic mass is 9.95. The van der Waals surface area contributed by atoms with Gasteiger partial charge in [-0.15, -0.1) is 0 Å². The quantitative estimate of drug-likeness (QED) is 0.301. The van der Waals surface area contributed by atoms with Crippen molar-refractivity contribution in [1.82, 2.24) is 4.57 Å². The van der Waals surface area contributed by atoms with Gasteiger partial charge in [-0.2, -0.15) is 0 Å². The molecule has 3 aromatic rings. The highest BCUT2D eigenvalue weighted by molar-refractivity contribution is 6.32. The van der Waals surface area contributed by atoms with Crippen LogP contribution in [0.1, 0.15) is 23.0 Å². The average molecular weight is 510 g/mol. The van der Waals surface area contributed by atoms with Crippen LogP contribution in [0.5, 0.6) is 5.75 Å². The number of nitrogens with zero attached hydrogens (tertiary/aromatic N) is 1. The van der Waals surface area contributed by atoms with E-state index in [1.165, 1.54) is 23.8 Å². The number of pyridine rings is 1. The summed E-state index contributed by atoms with van der Waals surface area (Å²) in [6, 6.07) is 5.30. The van der Waals surface area contributed by atoms with Gasteiger partial charge in [0.05, 0.1) is 30.0 Å². The Labute approximate surface area is 204 Å². The summed E-state index contributed by atoms with van der Waals surface area (Å²) in [5, 5.41) is -0.0116. The van der Waals surface area contributed by atoms with Crippen molar-refractivity contribution in [2.45, 2.75) is 20.4 Å². The van der Waals surface area contributed by atoms with Crippen molar-refractivity contribution < 1.29 is 32.2 Å². The molecular weight excluding hydrogens is 487 g/mol. The normalized spacial score (nSPS) is 11.0. The summed E-state index contributed by atoms with van der Waals surface area (Å²) in [6.45, 7) is 3.87. The van der Waals surface area contributed by atoms with Gasteiger partial charge in [-0.05, 0) is 44.2 Å². The molecule has 10 heteroatoms. The molecule has 35 heavy (non-hydrogen) atoms. The number of carbonyl (C=O) groups is 1. The van der Waals surface area contributed by atoms with Gasteiger partial charge in [0, 0.05) is 30.5 Å². The van der Waals surface area contributed by atoms with E-state index in [-0.39, 0.29) is 58.6 Å². The molecule has 6 nitrogen and oxygen atoms in total. The lowest BCUT2D eigenvalue weighted by Gasteiger charge is -2.22. The summed E-state index contributed by atoms with van der Waals surface area (Å²) >= 11 is 6.11. The van der Waals surface area contributed by atoms with E-state index in [4.69, 9.17) is 25.8 Å². The lowest BCUT2D eigenvalue weighted by Crippen LogP contribution is -2.26. The first kappa shape index (κ1) is 26.3. The fourth-order valence-corrected chi connectivity index (χ4v) is 4.05. The van der Waals surface area contributed by atoms with Crippen molar-refractivity contribution >= 4 is 17.6 Å². The molecule has 0 aliphatic heterocycles. The summed E-state index contributed by atoms with van der Waals surface area (Å²) in [5.74, 6) is -3.95. The first-order chi connectivity index (χ1) is 16.7. The molecule has 186 valence electrons. The van der Waals surface area contributed by atoms with Crippen LogP contribution in [0.15, 0.2) is 35.1 Å². The number of hydrogen-bond donors (Lipinski definition) is 0. The van der Waals surface area contributed by atoms with Crippen LogP contribution in [-0.2, 0) is 16.0 Å². The molecule has 0 saturated heterocycles. The van der Waals surface area contributed by atoms with Gasteiger partial charge in [0.2, 0.25) is 5.43 Å². The monoisotopic (exact) mass is 509 g/mol. The van der Waals surface area contributed by atoms with Gasteiger partial charge in [0.1, 0.15) is 23.7 Å². The van der Waals surface area contributed by atoms with E-state index in [2.05, 4.69) is 0 Å². The van der Waals surface area contributed by atoms with Crippen LogP contribution >= 0.6 is 11.6 Å². The Morgan fingerprint density at radius 3 is 2.34 bits per heavy atom. The molecular formula is C25H23ClF3NO5. The van der Waals surface area contributed by atoms with Gasteiger partial charge < -0.3 is 18.8 Å². The third kappa shape index (κ3) is 5.06. The Balaban J connectivity index is 2.39. The standard InChI is InChI=1S/C25H23ClF3NO5/c1-5-30-13(2)21(15-11-20(35-9-8-33-3)16(26)12-18(15)28)24(31)22(25(32)34-4)23(30)14-6-7-17(27)19(29)10-14/h6-7,10-12H,5,8-9H2,1-4H3. The van der Waals surface area contributed by atoms with E-state index < -0.39 is 34.4 Å². The summed E-state index contributed by atoms with van der Waals surface area (Å²) in [5.41, 5.74) is -1.17. The van der Waals surface area contributed by atoms with Crippen molar-refractivity contribution in [2.24, 2.45) is 0 Å². The maximum atomic E-state index is 15.1. The number of benzene rings is 2. The molecule has 2 aromatic carbocycles. The first-order valence-electron chi connectivity index (χ1n) is 10.6. The van der Waals surface area contributed by atoms with Crippen molar-refractivity contribution in [2.75, 3.05) is 27.4 Å². The maximum absolute atomic E-state index is 15.1. The van der Waals surface area contributed by atoms with E-state index in [1.54, 1.807) is 13.8 Å². The molecule has 3 rings (SSSR count). The van der Waals surface area contributed by atoms with Gasteiger partial charge in [0.25, 0.3) is 0 Å². The molecule has 0 aliphatic rings. The summed E-state index contributed by atoms with van der Waals surface area (Å²) in [4.78, 5) is 26.4. The van der Waals surface area contributed by atoms with Crippen LogP contribution < -0.4 is 10.2 Å². The Morgan fingerprint density at radius 1 is 1.03 bits per heavy atom. The SMILES string of the molecule is CCn1c(C)c(-c2cc(OCCOC)c(Cl)cc2F)c(=O)c(C(=O)OC)c1-c1ccc(F)c(F)c1. The Bertz CT molecular complexity index is 1340. The second-order valence-corrected chi connectivity index (χ2v) is 7.89. The number of esters is 1. The van der Waals surface area contributed by atoms with Crippen LogP contribution in [0.2, 0.25) is 5.02 Å². The number of hydrogen-bond acceptors (Lipinski definition) is 5. The third-order valence-corrected chi connectivity index (χ3v) is 5.76. The van der Waals surface area contributed by atoms with Gasteiger partial charge in [0.15, 0.2) is 11.6 Å². The molecule has 0 radical (unpaired) electrons. The highest BCUT2D eigenvalue weighted by Gasteiger charge is 2.28. The molecule has 0 N–H and O–H groups in total. The number of aromatic nitrogens is 1. The van der Waals surface area contributed by atoms with Crippen LogP contribution in [0.4, 0.5) is 13.2 Å². The molecule has 0 amide bonds. The van der Waals surface area contributed by atoms with E-state index in [1.807, 2.05) is 0 Å². The fraction of sp³-hybridized carbons (Fsp3) is 0.280. The van der Waals surface area contributed by atoms with Crippen molar-refractivity contribution in [3.05, 3.63) is 74.3 Å². The topological polar surface area (TPSA) is 66.8 Å². The van der Waals surface area contributed by atoms with Gasteiger partial charge in [-0.25, -0.2) is 18.0 Å². The number of ether oxygens (including phenoxy) is 3. The van der Waals surface area contributed by atoms with Crippen LogP contribution in [0, 0.1) is 24.4 Å². The second-order valence-electron chi connectivity index (χ2n) is 7.48. The molecule has 0 aliphatic carbocycles. The zero-order chi connectivity index (χ0) is 25.9. The van der Waals surface area contributed by atoms with E-state index >= 15 is 4.39 Å². The predicted molar refractivity (Wildman–Crippen MR) is 126 cm³/mol. The van der Waals surface area contributed by atoms with E-state index in [0.717, 1.165) is 25.3 Å². The lowest BCUT2D eigenvalue weighted by molar-refractivity contribution is 0.0599. The zero-order valence-corrected chi connectivity index (χ0v) is 20.3. The van der Waals surface area contributed by atoms with E-state index in [0.29, 0.717) is 0 Å². The van der Waals surface area contributed by atoms with Crippen LogP contribution in [0.25, 0.3) is 22.4 Å². The molecule has 0 fully saturated rings. The minimum Gasteiger partial charge on any atom is -0.490 e. The first-order valence-corrected chi connectivity index (χ1v) is 11.0. The summed E-state index contributed by atoms with van der Waals surface area (Å²) in [7, 11) is 2.57.